The number of halogens is 2. The molecule has 39 heavy (non-hydrogen) atoms. The number of benzene rings is 2. The number of carbonyl (C=O) groups is 5. The first kappa shape index (κ1) is 25.8. The highest BCUT2D eigenvalue weighted by atomic mass is 35.5. The summed E-state index contributed by atoms with van der Waals surface area (Å²) in [6.45, 7) is -0.261. The topological polar surface area (TPSA) is 132 Å². The highest BCUT2D eigenvalue weighted by Crippen LogP contribution is 2.66. The van der Waals surface area contributed by atoms with Gasteiger partial charge < -0.3 is 10.2 Å². The summed E-state index contributed by atoms with van der Waals surface area (Å²) in [6.07, 6.45) is 1.37. The second-order valence-electron chi connectivity index (χ2n) is 10.7. The van der Waals surface area contributed by atoms with Crippen LogP contribution in [0.1, 0.15) is 30.7 Å². The third kappa shape index (κ3) is 3.23. The number of carbonyl (C=O) groups excluding carboxylic acids is 4. The lowest BCUT2D eigenvalue weighted by Crippen LogP contribution is -2.60. The molecule has 2 aromatic carbocycles. The van der Waals surface area contributed by atoms with Gasteiger partial charge in [0.05, 0.1) is 18.3 Å². The molecule has 6 rings (SSSR count). The third-order valence-electron chi connectivity index (χ3n) is 8.90. The minimum Gasteiger partial charge on any atom is -0.507 e. The molecular weight excluding hydrogens is 547 g/mol. The summed E-state index contributed by atoms with van der Waals surface area (Å²) >= 11 is 14.3. The molecule has 4 amide bonds. The Morgan fingerprint density at radius 2 is 1.74 bits per heavy atom. The van der Waals surface area contributed by atoms with Gasteiger partial charge in [-0.05, 0) is 24.1 Å². The van der Waals surface area contributed by atoms with E-state index in [0.717, 1.165) is 15.2 Å². The summed E-state index contributed by atoms with van der Waals surface area (Å²) in [4.78, 5) is 63.0. The number of alkyl halides is 2. The predicted molar refractivity (Wildman–Crippen MR) is 140 cm³/mol. The molecule has 6 atom stereocenters. The van der Waals surface area contributed by atoms with Gasteiger partial charge in [-0.1, -0.05) is 48.0 Å². The van der Waals surface area contributed by atoms with Crippen molar-refractivity contribution in [1.29, 1.82) is 0 Å². The number of hydrogen-bond acceptors (Lipinski definition) is 6. The third-order valence-corrected chi connectivity index (χ3v) is 10.3. The molecule has 2 N–H and O–H groups in total. The zero-order chi connectivity index (χ0) is 28.0. The summed E-state index contributed by atoms with van der Waals surface area (Å²) in [5, 5.41) is 21.8. The van der Waals surface area contributed by atoms with Crippen LogP contribution in [0.2, 0.25) is 0 Å². The van der Waals surface area contributed by atoms with Crippen LogP contribution in [0.25, 0.3) is 10.8 Å². The fraction of sp³-hybridized carbons (Fsp3) is 0.393. The maximum atomic E-state index is 13.7. The van der Waals surface area contributed by atoms with E-state index in [1.54, 1.807) is 30.3 Å². The molecule has 2 aromatic rings. The van der Waals surface area contributed by atoms with Crippen molar-refractivity contribution in [2.75, 3.05) is 13.6 Å². The molecule has 0 aromatic heterocycles. The summed E-state index contributed by atoms with van der Waals surface area (Å²) < 4.78 is 0. The standard InChI is InChI=1S/C28H24Cl2N2O7/c1-31-25(38)27(29)12-18-15(8-9-16-20(18)24(37)32(23(16)36)11-10-19(33)34)21(28(27,30)26(31)39)17-7-6-13-4-2-3-5-14(13)22(17)35/h2-8,16,18,20-21,35H,9-12H2,1H3,(H,33,34). The van der Waals surface area contributed by atoms with Gasteiger partial charge in [0.15, 0.2) is 9.75 Å². The van der Waals surface area contributed by atoms with E-state index in [9.17, 15) is 29.1 Å². The molecule has 2 aliphatic carbocycles. The Hall–Kier alpha value is -3.43. The zero-order valence-electron chi connectivity index (χ0n) is 20.8. The van der Waals surface area contributed by atoms with Crippen LogP contribution in [0, 0.1) is 17.8 Å². The largest absolute Gasteiger partial charge is 0.507 e. The molecule has 3 fully saturated rings. The minimum atomic E-state index is -2.00. The molecule has 2 aliphatic heterocycles. The quantitative estimate of drug-likeness (QED) is 0.328. The SMILES string of the molecule is CN1C(=O)C2(Cl)CC3C(=CCC4C(=O)N(CCC(=O)O)C(=O)C43)C(c3ccc4ccccc4c3O)C2(Cl)C1=O. The monoisotopic (exact) mass is 570 g/mol. The zero-order valence-corrected chi connectivity index (χ0v) is 22.3. The Morgan fingerprint density at radius 3 is 2.46 bits per heavy atom. The van der Waals surface area contributed by atoms with Gasteiger partial charge >= 0.3 is 5.97 Å². The van der Waals surface area contributed by atoms with Crippen LogP contribution in [0.3, 0.4) is 0 Å². The lowest BCUT2D eigenvalue weighted by atomic mass is 9.56. The van der Waals surface area contributed by atoms with Crippen LogP contribution in [0.5, 0.6) is 5.75 Å². The van der Waals surface area contributed by atoms with Crippen molar-refractivity contribution in [2.24, 2.45) is 17.8 Å². The summed E-state index contributed by atoms with van der Waals surface area (Å²) in [7, 11) is 1.30. The van der Waals surface area contributed by atoms with Crippen LogP contribution in [-0.2, 0) is 24.0 Å². The van der Waals surface area contributed by atoms with Crippen molar-refractivity contribution in [3.63, 3.8) is 0 Å². The number of carboxylic acids is 1. The average molecular weight is 571 g/mol. The number of likely N-dealkylation sites (tertiary alicyclic amines) is 2. The number of imide groups is 2. The Balaban J connectivity index is 1.54. The van der Waals surface area contributed by atoms with Gasteiger partial charge in [0.2, 0.25) is 11.8 Å². The van der Waals surface area contributed by atoms with Crippen molar-refractivity contribution in [1.82, 2.24) is 9.80 Å². The van der Waals surface area contributed by atoms with Crippen LogP contribution in [0.4, 0.5) is 0 Å². The van der Waals surface area contributed by atoms with Gasteiger partial charge in [0.1, 0.15) is 5.75 Å². The highest BCUT2D eigenvalue weighted by molar-refractivity contribution is 6.53. The van der Waals surface area contributed by atoms with Crippen molar-refractivity contribution >= 4 is 63.6 Å². The molecule has 1 saturated carbocycles. The van der Waals surface area contributed by atoms with Gasteiger partial charge in [-0.15, -0.1) is 23.2 Å². The Morgan fingerprint density at radius 1 is 1.03 bits per heavy atom. The van der Waals surface area contributed by atoms with Gasteiger partial charge in [-0.2, -0.15) is 0 Å². The smallest absolute Gasteiger partial charge is 0.305 e. The number of aliphatic carboxylic acids is 1. The number of amides is 4. The van der Waals surface area contributed by atoms with Crippen molar-refractivity contribution in [2.45, 2.75) is 34.9 Å². The average Bonchev–Trinajstić information content (AvgIpc) is 3.23. The predicted octanol–water partition coefficient (Wildman–Crippen LogP) is 3.01. The number of rotatable bonds is 4. The molecule has 4 aliphatic rings. The Kier molecular flexibility index (Phi) is 5.65. The van der Waals surface area contributed by atoms with Crippen LogP contribution in [0.15, 0.2) is 48.0 Å². The summed E-state index contributed by atoms with van der Waals surface area (Å²) in [6, 6.07) is 10.6. The summed E-state index contributed by atoms with van der Waals surface area (Å²) in [5.41, 5.74) is 0.852. The number of allylic oxidation sites excluding steroid dienone is 2. The van der Waals surface area contributed by atoms with E-state index in [0.29, 0.717) is 16.5 Å². The molecule has 2 saturated heterocycles. The highest BCUT2D eigenvalue weighted by Gasteiger charge is 2.76. The van der Waals surface area contributed by atoms with E-state index >= 15 is 0 Å². The van der Waals surface area contributed by atoms with E-state index in [1.165, 1.54) is 7.05 Å². The molecule has 11 heteroatoms. The lowest BCUT2D eigenvalue weighted by molar-refractivity contribution is -0.143. The first-order valence-electron chi connectivity index (χ1n) is 12.6. The molecule has 6 unspecified atom stereocenters. The lowest BCUT2D eigenvalue weighted by Gasteiger charge is -2.50. The second-order valence-corrected chi connectivity index (χ2v) is 11.9. The molecule has 202 valence electrons. The van der Waals surface area contributed by atoms with Crippen LogP contribution >= 0.6 is 23.2 Å². The number of carboxylic acid groups (broad SMARTS) is 1. The molecule has 9 nitrogen and oxygen atoms in total. The van der Waals surface area contributed by atoms with Crippen molar-refractivity contribution < 1.29 is 34.2 Å². The molecule has 2 heterocycles. The maximum Gasteiger partial charge on any atom is 0.305 e. The first-order valence-corrected chi connectivity index (χ1v) is 13.4. The number of phenols is 1. The Labute approximate surface area is 232 Å². The van der Waals surface area contributed by atoms with Gasteiger partial charge in [0, 0.05) is 30.5 Å². The van der Waals surface area contributed by atoms with E-state index in [1.807, 2.05) is 12.1 Å². The molecular formula is C28H24Cl2N2O7. The normalized spacial score (nSPS) is 33.8. The van der Waals surface area contributed by atoms with Gasteiger partial charge in [0.25, 0.3) is 11.8 Å². The van der Waals surface area contributed by atoms with Crippen molar-refractivity contribution in [3.05, 3.63) is 53.6 Å². The fourth-order valence-corrected chi connectivity index (χ4v) is 8.10. The summed E-state index contributed by atoms with van der Waals surface area (Å²) in [5.74, 6) is -7.14. The van der Waals surface area contributed by atoms with E-state index < -0.39 is 69.4 Å². The second kappa shape index (κ2) is 8.53. The Bertz CT molecular complexity index is 1540. The maximum absolute atomic E-state index is 13.7. The van der Waals surface area contributed by atoms with E-state index in [2.05, 4.69) is 0 Å². The number of phenolic OH excluding ortho intramolecular Hbond substituents is 1. The molecule has 0 radical (unpaired) electrons. The van der Waals surface area contributed by atoms with Gasteiger partial charge in [-0.3, -0.25) is 33.8 Å². The van der Waals surface area contributed by atoms with Gasteiger partial charge in [-0.25, -0.2) is 0 Å². The number of hydrogen-bond donors (Lipinski definition) is 2. The minimum absolute atomic E-state index is 0.118. The number of aromatic hydroxyl groups is 1. The molecule has 0 spiro atoms. The van der Waals surface area contributed by atoms with E-state index in [4.69, 9.17) is 28.3 Å². The van der Waals surface area contributed by atoms with Crippen molar-refractivity contribution in [3.8, 4) is 5.75 Å². The first-order chi connectivity index (χ1) is 18.4. The van der Waals surface area contributed by atoms with E-state index in [-0.39, 0.29) is 25.1 Å². The van der Waals surface area contributed by atoms with Crippen LogP contribution in [-0.4, -0.2) is 73.0 Å². The number of nitrogens with zero attached hydrogens (tertiary/aromatic N) is 2. The fourth-order valence-electron chi connectivity index (χ4n) is 7.09. The molecule has 0 bridgehead atoms. The van der Waals surface area contributed by atoms with Crippen LogP contribution < -0.4 is 0 Å². The number of fused-ring (bicyclic) bond motifs is 5.